The first-order valence-corrected chi connectivity index (χ1v) is 4.37. The highest BCUT2D eigenvalue weighted by atomic mass is 15.3. The molecule has 2 atom stereocenters. The summed E-state index contributed by atoms with van der Waals surface area (Å²) in [5.74, 6) is 0.939. The summed E-state index contributed by atoms with van der Waals surface area (Å²) < 4.78 is 1.91. The summed E-state index contributed by atoms with van der Waals surface area (Å²) in [6, 6.07) is 0.479. The highest BCUT2D eigenvalue weighted by molar-refractivity contribution is 4.95. The van der Waals surface area contributed by atoms with Gasteiger partial charge in [0.2, 0.25) is 0 Å². The van der Waals surface area contributed by atoms with Gasteiger partial charge < -0.3 is 9.88 Å². The first-order chi connectivity index (χ1) is 6.15. The standard InChI is InChI=1S/C9H16N4/c1-5-7(2)11-8(3)9-12-10-6-13(9)4/h5-8,11H,1H2,2-4H3. The van der Waals surface area contributed by atoms with Crippen molar-refractivity contribution in [1.82, 2.24) is 20.1 Å². The molecule has 13 heavy (non-hydrogen) atoms. The van der Waals surface area contributed by atoms with Crippen LogP contribution in [0.2, 0.25) is 0 Å². The SMILES string of the molecule is C=CC(C)NC(C)c1nncn1C. The smallest absolute Gasteiger partial charge is 0.149 e. The number of hydrogen-bond donors (Lipinski definition) is 1. The number of nitrogens with one attached hydrogen (secondary N) is 1. The van der Waals surface area contributed by atoms with Gasteiger partial charge in [0.05, 0.1) is 6.04 Å². The lowest BCUT2D eigenvalue weighted by atomic mass is 10.2. The van der Waals surface area contributed by atoms with Gasteiger partial charge in [0.1, 0.15) is 12.2 Å². The minimum Gasteiger partial charge on any atom is -0.319 e. The number of aromatic nitrogens is 3. The molecule has 0 radical (unpaired) electrons. The average Bonchev–Trinajstić information content (AvgIpc) is 2.51. The van der Waals surface area contributed by atoms with Crippen LogP contribution < -0.4 is 5.32 Å². The van der Waals surface area contributed by atoms with E-state index < -0.39 is 0 Å². The van der Waals surface area contributed by atoms with E-state index in [2.05, 4.69) is 35.9 Å². The predicted octanol–water partition coefficient (Wildman–Crippen LogP) is 1.04. The van der Waals surface area contributed by atoms with Crippen LogP contribution in [0.3, 0.4) is 0 Å². The first-order valence-electron chi connectivity index (χ1n) is 4.37. The Morgan fingerprint density at radius 1 is 1.62 bits per heavy atom. The van der Waals surface area contributed by atoms with Gasteiger partial charge in [-0.3, -0.25) is 0 Å². The second-order valence-electron chi connectivity index (χ2n) is 3.21. The van der Waals surface area contributed by atoms with Gasteiger partial charge in [-0.15, -0.1) is 16.8 Å². The highest BCUT2D eigenvalue weighted by Gasteiger charge is 2.11. The largest absolute Gasteiger partial charge is 0.319 e. The van der Waals surface area contributed by atoms with E-state index in [0.29, 0.717) is 0 Å². The molecule has 1 aromatic heterocycles. The van der Waals surface area contributed by atoms with Crippen molar-refractivity contribution in [2.24, 2.45) is 7.05 Å². The summed E-state index contributed by atoms with van der Waals surface area (Å²) >= 11 is 0. The molecule has 0 amide bonds. The molecule has 0 aliphatic carbocycles. The molecule has 4 heteroatoms. The molecule has 1 rings (SSSR count). The van der Waals surface area contributed by atoms with Crippen LogP contribution in [0.1, 0.15) is 25.7 Å². The summed E-state index contributed by atoms with van der Waals surface area (Å²) in [5.41, 5.74) is 0. The molecule has 0 bridgehead atoms. The summed E-state index contributed by atoms with van der Waals surface area (Å²) in [7, 11) is 1.94. The molecule has 0 saturated heterocycles. The second-order valence-corrected chi connectivity index (χ2v) is 3.21. The van der Waals surface area contributed by atoms with Crippen molar-refractivity contribution in [2.75, 3.05) is 0 Å². The van der Waals surface area contributed by atoms with Crippen molar-refractivity contribution in [3.05, 3.63) is 24.8 Å². The maximum absolute atomic E-state index is 4.02. The molecule has 1 heterocycles. The van der Waals surface area contributed by atoms with Crippen LogP contribution in [0.4, 0.5) is 0 Å². The summed E-state index contributed by atoms with van der Waals surface area (Å²) in [4.78, 5) is 0. The molecular formula is C9H16N4. The topological polar surface area (TPSA) is 42.7 Å². The van der Waals surface area contributed by atoms with Crippen LogP contribution >= 0.6 is 0 Å². The fraction of sp³-hybridized carbons (Fsp3) is 0.556. The van der Waals surface area contributed by atoms with Crippen LogP contribution in [0.25, 0.3) is 0 Å². The lowest BCUT2D eigenvalue weighted by molar-refractivity contribution is 0.500. The second kappa shape index (κ2) is 4.18. The van der Waals surface area contributed by atoms with Crippen molar-refractivity contribution >= 4 is 0 Å². The molecular weight excluding hydrogens is 164 g/mol. The predicted molar refractivity (Wildman–Crippen MR) is 52.2 cm³/mol. The van der Waals surface area contributed by atoms with Gasteiger partial charge in [-0.25, -0.2) is 0 Å². The van der Waals surface area contributed by atoms with Crippen molar-refractivity contribution < 1.29 is 0 Å². The third kappa shape index (κ3) is 2.39. The zero-order valence-electron chi connectivity index (χ0n) is 8.36. The van der Waals surface area contributed by atoms with E-state index >= 15 is 0 Å². The Bertz CT molecular complexity index is 279. The van der Waals surface area contributed by atoms with E-state index in [4.69, 9.17) is 0 Å². The Balaban J connectivity index is 2.63. The molecule has 1 N–H and O–H groups in total. The maximum atomic E-state index is 4.02. The van der Waals surface area contributed by atoms with Crippen LogP contribution in [-0.4, -0.2) is 20.8 Å². The molecule has 0 spiro atoms. The zero-order valence-corrected chi connectivity index (χ0v) is 8.36. The van der Waals surface area contributed by atoms with Crippen molar-refractivity contribution in [1.29, 1.82) is 0 Å². The summed E-state index contributed by atoms with van der Waals surface area (Å²) in [6.07, 6.45) is 3.57. The summed E-state index contributed by atoms with van der Waals surface area (Å²) in [5, 5.41) is 11.2. The third-order valence-corrected chi connectivity index (χ3v) is 2.00. The van der Waals surface area contributed by atoms with Gasteiger partial charge >= 0.3 is 0 Å². The van der Waals surface area contributed by atoms with Crippen molar-refractivity contribution in [2.45, 2.75) is 25.9 Å². The minimum absolute atomic E-state index is 0.195. The molecule has 0 aromatic carbocycles. The molecule has 0 saturated carbocycles. The summed E-state index contributed by atoms with van der Waals surface area (Å²) in [6.45, 7) is 7.83. The Morgan fingerprint density at radius 2 is 2.31 bits per heavy atom. The number of hydrogen-bond acceptors (Lipinski definition) is 3. The normalized spacial score (nSPS) is 15.3. The molecule has 4 nitrogen and oxygen atoms in total. The molecule has 0 aliphatic heterocycles. The fourth-order valence-electron chi connectivity index (χ4n) is 1.22. The van der Waals surface area contributed by atoms with Gasteiger partial charge in [-0.1, -0.05) is 6.08 Å². The van der Waals surface area contributed by atoms with Crippen LogP contribution in [0.5, 0.6) is 0 Å². The van der Waals surface area contributed by atoms with Crippen LogP contribution in [-0.2, 0) is 7.05 Å². The lowest BCUT2D eigenvalue weighted by Gasteiger charge is -2.15. The quantitative estimate of drug-likeness (QED) is 0.704. The number of aryl methyl sites for hydroxylation is 1. The van der Waals surface area contributed by atoms with E-state index in [1.54, 1.807) is 6.33 Å². The minimum atomic E-state index is 0.195. The van der Waals surface area contributed by atoms with E-state index in [1.165, 1.54) is 0 Å². The molecule has 0 aliphatic rings. The Labute approximate surface area is 78.7 Å². The molecule has 1 aromatic rings. The monoisotopic (exact) mass is 180 g/mol. The molecule has 72 valence electrons. The van der Waals surface area contributed by atoms with E-state index in [0.717, 1.165) is 5.82 Å². The molecule has 2 unspecified atom stereocenters. The van der Waals surface area contributed by atoms with Crippen LogP contribution in [0.15, 0.2) is 19.0 Å². The molecule has 0 fully saturated rings. The number of nitrogens with zero attached hydrogens (tertiary/aromatic N) is 3. The van der Waals surface area contributed by atoms with Crippen molar-refractivity contribution in [3.8, 4) is 0 Å². The van der Waals surface area contributed by atoms with E-state index in [1.807, 2.05) is 17.7 Å². The van der Waals surface area contributed by atoms with Gasteiger partial charge in [0, 0.05) is 13.1 Å². The lowest BCUT2D eigenvalue weighted by Crippen LogP contribution is -2.28. The third-order valence-electron chi connectivity index (χ3n) is 2.00. The van der Waals surface area contributed by atoms with Crippen molar-refractivity contribution in [3.63, 3.8) is 0 Å². The highest BCUT2D eigenvalue weighted by Crippen LogP contribution is 2.07. The Morgan fingerprint density at radius 3 is 2.77 bits per heavy atom. The van der Waals surface area contributed by atoms with Gasteiger partial charge in [-0.2, -0.15) is 0 Å². The fourth-order valence-corrected chi connectivity index (χ4v) is 1.22. The van der Waals surface area contributed by atoms with Gasteiger partial charge in [0.15, 0.2) is 0 Å². The maximum Gasteiger partial charge on any atom is 0.149 e. The van der Waals surface area contributed by atoms with Crippen LogP contribution in [0, 0.1) is 0 Å². The number of rotatable bonds is 4. The van der Waals surface area contributed by atoms with Gasteiger partial charge in [-0.05, 0) is 13.8 Å². The van der Waals surface area contributed by atoms with E-state index in [9.17, 15) is 0 Å². The Kier molecular flexibility index (Phi) is 3.19. The van der Waals surface area contributed by atoms with Gasteiger partial charge in [0.25, 0.3) is 0 Å². The first kappa shape index (κ1) is 9.92. The Hall–Kier alpha value is -1.16. The zero-order chi connectivity index (χ0) is 9.84. The average molecular weight is 180 g/mol. The van der Waals surface area contributed by atoms with E-state index in [-0.39, 0.29) is 12.1 Å².